The Morgan fingerprint density at radius 3 is 2.27 bits per heavy atom. The average molecular weight is 579 g/mol. The number of hydrogen-bond donors (Lipinski definition) is 3. The van der Waals surface area contributed by atoms with Gasteiger partial charge in [0.2, 0.25) is 0 Å². The molecular formula is C25H38N8O8. The molecule has 0 spiro atoms. The molecule has 2 aromatic heterocycles. The lowest BCUT2D eigenvalue weighted by Gasteiger charge is -2.27. The van der Waals surface area contributed by atoms with Crippen LogP contribution in [-0.2, 0) is 28.6 Å². The van der Waals surface area contributed by atoms with Gasteiger partial charge in [0.1, 0.15) is 31.1 Å². The molecule has 2 fully saturated rings. The van der Waals surface area contributed by atoms with Crippen LogP contribution in [0.25, 0.3) is 11.2 Å². The largest absolute Gasteiger partial charge is 0.454 e. The second-order valence-electron chi connectivity index (χ2n) is 11.1. The van der Waals surface area contributed by atoms with Crippen LogP contribution in [0.4, 0.5) is 5.82 Å². The quantitative estimate of drug-likeness (QED) is 0.182. The van der Waals surface area contributed by atoms with Crippen LogP contribution in [0, 0.1) is 22.0 Å². The van der Waals surface area contributed by atoms with Gasteiger partial charge < -0.3 is 35.8 Å². The third kappa shape index (κ3) is 6.82. The Balaban J connectivity index is 1.72. The Morgan fingerprint density at radius 1 is 1.07 bits per heavy atom. The van der Waals surface area contributed by atoms with Crippen molar-refractivity contribution in [1.82, 2.24) is 19.5 Å². The Hall–Kier alpha value is -3.63. The number of nitrogens with two attached hydrogens (primary N) is 2. The van der Waals surface area contributed by atoms with Crippen LogP contribution >= 0.6 is 0 Å². The van der Waals surface area contributed by atoms with Crippen molar-refractivity contribution in [3.63, 3.8) is 0 Å². The summed E-state index contributed by atoms with van der Waals surface area (Å²) in [7, 11) is 0. The number of nitrogens with one attached hydrogen (secondary N) is 1. The molecule has 6 atom stereocenters. The zero-order chi connectivity index (χ0) is 29.8. The molecule has 41 heavy (non-hydrogen) atoms. The van der Waals surface area contributed by atoms with Gasteiger partial charge >= 0.3 is 11.9 Å². The number of fused-ring (bicyclic) bond motifs is 1. The van der Waals surface area contributed by atoms with E-state index in [4.69, 9.17) is 25.7 Å². The lowest BCUT2D eigenvalue weighted by Crippen LogP contribution is -2.48. The lowest BCUT2D eigenvalue weighted by atomic mass is 10.0. The van der Waals surface area contributed by atoms with Crippen molar-refractivity contribution < 1.29 is 33.7 Å². The number of aromatic nitrogens is 4. The number of carbonyl (C=O) groups is 2. The van der Waals surface area contributed by atoms with Crippen molar-refractivity contribution in [2.24, 2.45) is 23.3 Å². The van der Waals surface area contributed by atoms with E-state index in [1.165, 1.54) is 17.2 Å². The second kappa shape index (κ2) is 12.9. The molecule has 2 aromatic rings. The number of ether oxygens (including phenoxy) is 3. The SMILES string of the molecule is CC(C)[C@H](N)C(=O)O[C@@H]1[C@H](OC(=O)[C@@H](N)C(C)C)[C@@H](CO[N+](=O)[O-])O[C@H]1n1cnc2c(NC3CCCC3)ncnc21. The molecule has 0 amide bonds. The Morgan fingerprint density at radius 2 is 1.68 bits per heavy atom. The summed E-state index contributed by atoms with van der Waals surface area (Å²) in [6, 6.07) is -1.75. The molecule has 0 radical (unpaired) electrons. The van der Waals surface area contributed by atoms with Crippen LogP contribution in [0.15, 0.2) is 12.7 Å². The minimum Gasteiger partial charge on any atom is -0.454 e. The van der Waals surface area contributed by atoms with E-state index in [9.17, 15) is 19.7 Å². The molecule has 0 aromatic carbocycles. The summed E-state index contributed by atoms with van der Waals surface area (Å²) in [5, 5.41) is 13.4. The molecule has 2 aliphatic rings. The predicted octanol–water partition coefficient (Wildman–Crippen LogP) is 1.08. The van der Waals surface area contributed by atoms with Gasteiger partial charge in [0, 0.05) is 6.04 Å². The maximum atomic E-state index is 13.0. The van der Waals surface area contributed by atoms with Gasteiger partial charge in [0.15, 0.2) is 35.4 Å². The number of rotatable bonds is 12. The molecule has 16 nitrogen and oxygen atoms in total. The highest BCUT2D eigenvalue weighted by atomic mass is 17.0. The molecule has 226 valence electrons. The van der Waals surface area contributed by atoms with Crippen molar-refractivity contribution in [2.75, 3.05) is 11.9 Å². The summed E-state index contributed by atoms with van der Waals surface area (Å²) in [6.07, 6.45) is 2.07. The monoisotopic (exact) mass is 578 g/mol. The Bertz CT molecular complexity index is 1230. The van der Waals surface area contributed by atoms with Gasteiger partial charge in [-0.15, -0.1) is 10.1 Å². The normalized spacial score (nSPS) is 24.5. The Labute approximate surface area is 236 Å². The van der Waals surface area contributed by atoms with E-state index >= 15 is 0 Å². The smallest absolute Gasteiger partial charge is 0.323 e. The van der Waals surface area contributed by atoms with Crippen molar-refractivity contribution >= 4 is 28.9 Å². The van der Waals surface area contributed by atoms with Crippen molar-refractivity contribution in [1.29, 1.82) is 0 Å². The molecule has 5 N–H and O–H groups in total. The highest BCUT2D eigenvalue weighted by Crippen LogP contribution is 2.37. The van der Waals surface area contributed by atoms with Crippen LogP contribution in [-0.4, -0.2) is 79.6 Å². The predicted molar refractivity (Wildman–Crippen MR) is 143 cm³/mol. The number of carbonyl (C=O) groups excluding carboxylic acids is 2. The number of anilines is 1. The number of nitrogens with zero attached hydrogens (tertiary/aromatic N) is 5. The molecule has 1 aliphatic carbocycles. The first-order chi connectivity index (χ1) is 19.5. The summed E-state index contributed by atoms with van der Waals surface area (Å²) in [5.74, 6) is -1.57. The fourth-order valence-corrected chi connectivity index (χ4v) is 4.85. The molecular weight excluding hydrogens is 540 g/mol. The van der Waals surface area contributed by atoms with Crippen molar-refractivity contribution in [2.45, 2.75) is 96.0 Å². The third-order valence-electron chi connectivity index (χ3n) is 7.44. The van der Waals surface area contributed by atoms with E-state index in [0.717, 1.165) is 25.7 Å². The zero-order valence-corrected chi connectivity index (χ0v) is 23.5. The van der Waals surface area contributed by atoms with E-state index in [1.54, 1.807) is 27.7 Å². The van der Waals surface area contributed by atoms with Gasteiger partial charge in [0.05, 0.1) is 6.33 Å². The van der Waals surface area contributed by atoms with E-state index in [2.05, 4.69) is 25.1 Å². The molecule has 0 bridgehead atoms. The molecule has 3 heterocycles. The highest BCUT2D eigenvalue weighted by Gasteiger charge is 2.52. The zero-order valence-electron chi connectivity index (χ0n) is 23.5. The van der Waals surface area contributed by atoms with E-state index < -0.39 is 60.3 Å². The van der Waals surface area contributed by atoms with E-state index in [-0.39, 0.29) is 17.9 Å². The van der Waals surface area contributed by atoms with Gasteiger partial charge in [-0.3, -0.25) is 14.2 Å². The summed E-state index contributed by atoms with van der Waals surface area (Å²) in [5.41, 5.74) is 12.9. The van der Waals surface area contributed by atoms with Gasteiger partial charge in [-0.2, -0.15) is 0 Å². The minimum absolute atomic E-state index is 0.254. The van der Waals surface area contributed by atoms with Crippen LogP contribution in [0.2, 0.25) is 0 Å². The van der Waals surface area contributed by atoms with Gasteiger partial charge in [-0.05, 0) is 24.7 Å². The average Bonchev–Trinajstić information content (AvgIpc) is 3.66. The Kier molecular flexibility index (Phi) is 9.55. The van der Waals surface area contributed by atoms with Crippen molar-refractivity contribution in [3.05, 3.63) is 22.8 Å². The second-order valence-corrected chi connectivity index (χ2v) is 11.1. The fourth-order valence-electron chi connectivity index (χ4n) is 4.85. The fraction of sp³-hybridized carbons (Fsp3) is 0.720. The summed E-state index contributed by atoms with van der Waals surface area (Å²) in [4.78, 5) is 54.8. The van der Waals surface area contributed by atoms with Crippen LogP contribution in [0.1, 0.15) is 59.6 Å². The molecule has 1 saturated carbocycles. The van der Waals surface area contributed by atoms with Gasteiger partial charge in [-0.25, -0.2) is 15.0 Å². The number of imidazole rings is 1. The molecule has 0 unspecified atom stereocenters. The van der Waals surface area contributed by atoms with Gasteiger partial charge in [-0.1, -0.05) is 40.5 Å². The molecule has 1 saturated heterocycles. The summed E-state index contributed by atoms with van der Waals surface area (Å²) in [6.45, 7) is 6.36. The maximum absolute atomic E-state index is 13.0. The van der Waals surface area contributed by atoms with Crippen LogP contribution in [0.3, 0.4) is 0 Å². The topological polar surface area (TPSA) is 222 Å². The first-order valence-corrected chi connectivity index (χ1v) is 13.8. The third-order valence-corrected chi connectivity index (χ3v) is 7.44. The van der Waals surface area contributed by atoms with Crippen LogP contribution in [0.5, 0.6) is 0 Å². The first-order valence-electron chi connectivity index (χ1n) is 13.8. The summed E-state index contributed by atoms with van der Waals surface area (Å²) >= 11 is 0. The standard InChI is InChI=1S/C25H38N8O8/c1-12(2)16(26)24(34)40-19-15(9-38-33(36)37)39-23(20(19)41-25(35)17(27)13(3)4)32-11-30-18-21(28-10-29-22(18)32)31-14-7-5-6-8-14/h10-17,19-20,23H,5-9,26-27H2,1-4H3,(H,28,29,31)/t15-,16+,17+,19-,20-,23-/m1/s1. The molecule has 16 heteroatoms. The van der Waals surface area contributed by atoms with E-state index in [1.807, 2.05) is 0 Å². The number of esters is 2. The first kappa shape index (κ1) is 30.3. The molecule has 1 aliphatic heterocycles. The van der Waals surface area contributed by atoms with E-state index in [0.29, 0.717) is 17.0 Å². The van der Waals surface area contributed by atoms with Crippen molar-refractivity contribution in [3.8, 4) is 0 Å². The highest BCUT2D eigenvalue weighted by molar-refractivity contribution is 5.83. The number of hydrogen-bond acceptors (Lipinski definition) is 14. The van der Waals surface area contributed by atoms with Crippen LogP contribution < -0.4 is 16.8 Å². The maximum Gasteiger partial charge on any atom is 0.323 e. The minimum atomic E-state index is -1.32. The molecule has 4 rings (SSSR count). The van der Waals surface area contributed by atoms with Gasteiger partial charge in [0.25, 0.3) is 5.09 Å². The summed E-state index contributed by atoms with van der Waals surface area (Å²) < 4.78 is 19.1. The lowest BCUT2D eigenvalue weighted by molar-refractivity contribution is -0.759.